The minimum Gasteiger partial charge on any atom is -0.456 e. The van der Waals surface area contributed by atoms with Crippen LogP contribution in [0.5, 0.6) is 0 Å². The molecule has 11 aromatic rings. The van der Waals surface area contributed by atoms with Gasteiger partial charge in [-0.25, -0.2) is 0 Å². The molecule has 2 aromatic heterocycles. The van der Waals surface area contributed by atoms with Crippen molar-refractivity contribution in [1.82, 2.24) is 0 Å². The Morgan fingerprint density at radius 1 is 0.302 bits per heavy atom. The monoisotopic (exact) mass is 677 g/mol. The van der Waals surface area contributed by atoms with Crippen molar-refractivity contribution in [2.24, 2.45) is 0 Å². The molecule has 0 aliphatic rings. The number of anilines is 3. The van der Waals surface area contributed by atoms with Gasteiger partial charge in [-0.2, -0.15) is 0 Å². The van der Waals surface area contributed by atoms with Crippen LogP contribution in [0.15, 0.2) is 197 Å². The van der Waals surface area contributed by atoms with E-state index in [1.807, 2.05) is 12.1 Å². The summed E-state index contributed by atoms with van der Waals surface area (Å²) >= 11 is 0. The lowest BCUT2D eigenvalue weighted by Crippen LogP contribution is -2.09. The molecule has 0 saturated heterocycles. The fraction of sp³-hybridized carbons (Fsp3) is 0. The van der Waals surface area contributed by atoms with Crippen LogP contribution in [0.2, 0.25) is 0 Å². The molecule has 0 saturated carbocycles. The first kappa shape index (κ1) is 29.6. The van der Waals surface area contributed by atoms with E-state index < -0.39 is 0 Å². The molecule has 0 aliphatic carbocycles. The Balaban J connectivity index is 1.05. The highest BCUT2D eigenvalue weighted by Crippen LogP contribution is 2.44. The molecule has 0 bridgehead atoms. The topological polar surface area (TPSA) is 29.5 Å². The minimum atomic E-state index is 0.848. The molecular weight excluding hydrogens is 647 g/mol. The van der Waals surface area contributed by atoms with Crippen molar-refractivity contribution in [1.29, 1.82) is 0 Å². The highest BCUT2D eigenvalue weighted by molar-refractivity contribution is 6.20. The van der Waals surface area contributed by atoms with Gasteiger partial charge in [0.25, 0.3) is 0 Å². The van der Waals surface area contributed by atoms with Gasteiger partial charge < -0.3 is 13.7 Å². The second-order valence-corrected chi connectivity index (χ2v) is 13.7. The first-order valence-electron chi connectivity index (χ1n) is 18.0. The van der Waals surface area contributed by atoms with E-state index in [9.17, 15) is 0 Å². The molecule has 0 radical (unpaired) electrons. The van der Waals surface area contributed by atoms with Gasteiger partial charge in [-0.05, 0) is 99.1 Å². The lowest BCUT2D eigenvalue weighted by Gasteiger charge is -2.25. The number of hydrogen-bond donors (Lipinski definition) is 0. The normalized spacial score (nSPS) is 11.8. The molecule has 0 amide bonds. The van der Waals surface area contributed by atoms with Gasteiger partial charge in [0, 0.05) is 50.1 Å². The number of rotatable bonds is 5. The first-order valence-corrected chi connectivity index (χ1v) is 18.0. The standard InChI is InChI=1S/C50H31NO2/c1-2-13-35(14-3-1)51(36-24-21-33(22-25-36)39-19-10-12-32-11-4-5-15-38(32)39)37-26-28-43-46-31-45(40-16-6-7-18-44(40)50(46)53-49(43)30-37)34-23-27-42-41-17-8-9-20-47(41)52-48(42)29-34/h1-31H. The third-order valence-electron chi connectivity index (χ3n) is 10.7. The molecule has 11 rings (SSSR count). The van der Waals surface area contributed by atoms with Gasteiger partial charge in [-0.3, -0.25) is 0 Å². The maximum atomic E-state index is 6.80. The smallest absolute Gasteiger partial charge is 0.143 e. The van der Waals surface area contributed by atoms with Crippen LogP contribution in [0.25, 0.3) is 87.7 Å². The van der Waals surface area contributed by atoms with Gasteiger partial charge in [-0.15, -0.1) is 0 Å². The van der Waals surface area contributed by atoms with Crippen molar-refractivity contribution in [3.05, 3.63) is 188 Å². The van der Waals surface area contributed by atoms with Crippen LogP contribution in [-0.2, 0) is 0 Å². The Labute approximate surface area is 305 Å². The third-order valence-corrected chi connectivity index (χ3v) is 10.7. The van der Waals surface area contributed by atoms with Crippen LogP contribution in [0.1, 0.15) is 0 Å². The fourth-order valence-corrected chi connectivity index (χ4v) is 8.15. The molecular formula is C50H31NO2. The van der Waals surface area contributed by atoms with E-state index in [0.29, 0.717) is 0 Å². The summed E-state index contributed by atoms with van der Waals surface area (Å²) in [5.74, 6) is 0. The van der Waals surface area contributed by atoms with Crippen molar-refractivity contribution in [3.8, 4) is 22.3 Å². The quantitative estimate of drug-likeness (QED) is 0.182. The second kappa shape index (κ2) is 11.7. The summed E-state index contributed by atoms with van der Waals surface area (Å²) in [6.45, 7) is 0. The van der Waals surface area contributed by atoms with Crippen molar-refractivity contribution >= 4 is 82.5 Å². The van der Waals surface area contributed by atoms with E-state index in [-0.39, 0.29) is 0 Å². The van der Waals surface area contributed by atoms with Crippen LogP contribution in [-0.4, -0.2) is 0 Å². The molecule has 0 N–H and O–H groups in total. The van der Waals surface area contributed by atoms with E-state index in [1.165, 1.54) is 21.9 Å². The van der Waals surface area contributed by atoms with Gasteiger partial charge >= 0.3 is 0 Å². The third kappa shape index (κ3) is 4.75. The molecule has 9 aromatic carbocycles. The predicted octanol–water partition coefficient (Wildman–Crippen LogP) is 14.6. The van der Waals surface area contributed by atoms with Crippen LogP contribution < -0.4 is 4.90 Å². The van der Waals surface area contributed by atoms with E-state index in [2.05, 4.69) is 181 Å². The van der Waals surface area contributed by atoms with Crippen LogP contribution in [0.3, 0.4) is 0 Å². The number of furan rings is 2. The zero-order valence-electron chi connectivity index (χ0n) is 28.7. The maximum absolute atomic E-state index is 6.80. The molecule has 0 fully saturated rings. The van der Waals surface area contributed by atoms with Crippen LogP contribution in [0.4, 0.5) is 17.1 Å². The lowest BCUT2D eigenvalue weighted by atomic mass is 9.94. The van der Waals surface area contributed by atoms with Crippen molar-refractivity contribution in [3.63, 3.8) is 0 Å². The molecule has 2 heterocycles. The summed E-state index contributed by atoms with van der Waals surface area (Å²) in [4.78, 5) is 2.30. The average Bonchev–Trinajstić information content (AvgIpc) is 3.79. The first-order chi connectivity index (χ1) is 26.3. The Morgan fingerprint density at radius 3 is 1.77 bits per heavy atom. The van der Waals surface area contributed by atoms with Gasteiger partial charge in [0.05, 0.1) is 0 Å². The molecule has 0 unspecified atom stereocenters. The Bertz CT molecular complexity index is 3160. The van der Waals surface area contributed by atoms with Gasteiger partial charge in [0.2, 0.25) is 0 Å². The Hall–Kier alpha value is -7.10. The lowest BCUT2D eigenvalue weighted by molar-refractivity contribution is 0.669. The molecule has 0 atom stereocenters. The fourth-order valence-electron chi connectivity index (χ4n) is 8.15. The van der Waals surface area contributed by atoms with E-state index in [0.717, 1.165) is 82.8 Å². The second-order valence-electron chi connectivity index (χ2n) is 13.7. The van der Waals surface area contributed by atoms with Crippen molar-refractivity contribution < 1.29 is 8.83 Å². The summed E-state index contributed by atoms with van der Waals surface area (Å²) in [6.07, 6.45) is 0. The van der Waals surface area contributed by atoms with Gasteiger partial charge in [-0.1, -0.05) is 121 Å². The summed E-state index contributed by atoms with van der Waals surface area (Å²) in [7, 11) is 0. The zero-order valence-corrected chi connectivity index (χ0v) is 28.7. The van der Waals surface area contributed by atoms with Crippen LogP contribution >= 0.6 is 0 Å². The van der Waals surface area contributed by atoms with Gasteiger partial charge in [0.1, 0.15) is 22.3 Å². The summed E-state index contributed by atoms with van der Waals surface area (Å²) in [5.41, 5.74) is 11.4. The highest BCUT2D eigenvalue weighted by atomic mass is 16.3. The largest absolute Gasteiger partial charge is 0.456 e. The number of benzene rings is 9. The summed E-state index contributed by atoms with van der Waals surface area (Å²) in [5, 5.41) is 9.17. The molecule has 0 spiro atoms. The highest BCUT2D eigenvalue weighted by Gasteiger charge is 2.19. The van der Waals surface area contributed by atoms with E-state index in [1.54, 1.807) is 0 Å². The maximum Gasteiger partial charge on any atom is 0.143 e. The van der Waals surface area contributed by atoms with Crippen molar-refractivity contribution in [2.45, 2.75) is 0 Å². The minimum absolute atomic E-state index is 0.848. The molecule has 3 nitrogen and oxygen atoms in total. The summed E-state index contributed by atoms with van der Waals surface area (Å²) in [6, 6.07) is 66.7. The molecule has 0 aliphatic heterocycles. The Kier molecular flexibility index (Phi) is 6.55. The number of hydrogen-bond acceptors (Lipinski definition) is 3. The van der Waals surface area contributed by atoms with E-state index >= 15 is 0 Å². The SMILES string of the molecule is c1ccc(N(c2ccc(-c3cccc4ccccc34)cc2)c2ccc3c(c2)oc2c4ccccc4c(-c4ccc5c(c4)oc4ccccc45)cc32)cc1. The zero-order chi connectivity index (χ0) is 34.9. The molecule has 53 heavy (non-hydrogen) atoms. The van der Waals surface area contributed by atoms with Gasteiger partial charge in [0.15, 0.2) is 0 Å². The number of para-hydroxylation sites is 2. The number of nitrogens with zero attached hydrogens (tertiary/aromatic N) is 1. The summed E-state index contributed by atoms with van der Waals surface area (Å²) < 4.78 is 13.1. The number of fused-ring (bicyclic) bond motifs is 9. The predicted molar refractivity (Wildman–Crippen MR) is 222 cm³/mol. The molecule has 248 valence electrons. The Morgan fingerprint density at radius 2 is 0.906 bits per heavy atom. The molecule has 3 heteroatoms. The van der Waals surface area contributed by atoms with Crippen molar-refractivity contribution in [2.75, 3.05) is 4.90 Å². The van der Waals surface area contributed by atoms with E-state index in [4.69, 9.17) is 8.83 Å². The van der Waals surface area contributed by atoms with Crippen LogP contribution in [0, 0.1) is 0 Å². The average molecular weight is 678 g/mol.